The van der Waals surface area contributed by atoms with E-state index in [2.05, 4.69) is 107 Å². The Morgan fingerprint density at radius 2 is 1.06 bits per heavy atom. The first-order valence-corrected chi connectivity index (χ1v) is 12.2. The molecule has 0 atom stereocenters. The monoisotopic (exact) mass is 456 g/mol. The quantitative estimate of drug-likeness (QED) is 0.259. The van der Waals surface area contributed by atoms with E-state index in [1.165, 1.54) is 66.1 Å². The Labute approximate surface area is 208 Å². The zero-order valence-corrected chi connectivity index (χ0v) is 19.4. The van der Waals surface area contributed by atoms with Gasteiger partial charge in [-0.05, 0) is 96.4 Å². The van der Waals surface area contributed by atoms with E-state index in [0.717, 1.165) is 10.8 Å². The molecule has 36 heavy (non-hydrogen) atoms. The summed E-state index contributed by atoms with van der Waals surface area (Å²) >= 11 is 0. The van der Waals surface area contributed by atoms with E-state index in [0.29, 0.717) is 0 Å². The fraction of sp³-hybridized carbons (Fsp3) is 0. The SMILES string of the molecule is c1cc2c3c(ccc(-c4ccc5cnccc5c4)c3c1)-c1cc(-c3ccc4ccncc4c3)ccc1-2. The van der Waals surface area contributed by atoms with Crippen LogP contribution in [-0.2, 0) is 0 Å². The smallest absolute Gasteiger partial charge is 0.0346 e. The fourth-order valence-corrected chi connectivity index (χ4v) is 5.80. The van der Waals surface area contributed by atoms with Gasteiger partial charge in [0.15, 0.2) is 0 Å². The number of hydrogen-bond acceptors (Lipinski definition) is 2. The Morgan fingerprint density at radius 3 is 2.00 bits per heavy atom. The van der Waals surface area contributed by atoms with Crippen LogP contribution in [0.4, 0.5) is 0 Å². The number of rotatable bonds is 2. The lowest BCUT2D eigenvalue weighted by Crippen LogP contribution is -1.84. The van der Waals surface area contributed by atoms with Crippen molar-refractivity contribution in [2.45, 2.75) is 0 Å². The predicted octanol–water partition coefficient (Wildman–Crippen LogP) is 8.92. The van der Waals surface area contributed by atoms with E-state index in [1.54, 1.807) is 0 Å². The standard InChI is InChI=1S/C34H20N2/c1-2-30-28(25-6-7-26-19-35-15-13-24(26)16-25)10-11-32-33-18-23(8-9-29(33)31(3-1)34(30)32)22-5-4-21-12-14-36-20-27(21)17-22/h1-20H. The minimum Gasteiger partial charge on any atom is -0.264 e. The van der Waals surface area contributed by atoms with Crippen molar-refractivity contribution in [2.24, 2.45) is 0 Å². The van der Waals surface area contributed by atoms with E-state index in [4.69, 9.17) is 0 Å². The lowest BCUT2D eigenvalue weighted by molar-refractivity contribution is 1.36. The van der Waals surface area contributed by atoms with E-state index in [-0.39, 0.29) is 0 Å². The van der Waals surface area contributed by atoms with Crippen LogP contribution in [-0.4, -0.2) is 9.97 Å². The summed E-state index contributed by atoms with van der Waals surface area (Å²) < 4.78 is 0. The van der Waals surface area contributed by atoms with Crippen LogP contribution in [0.5, 0.6) is 0 Å². The highest BCUT2D eigenvalue weighted by Gasteiger charge is 2.23. The second kappa shape index (κ2) is 7.34. The Balaban J connectivity index is 1.31. The van der Waals surface area contributed by atoms with Crippen LogP contribution >= 0.6 is 0 Å². The van der Waals surface area contributed by atoms with Gasteiger partial charge in [-0.15, -0.1) is 0 Å². The summed E-state index contributed by atoms with van der Waals surface area (Å²) in [5.41, 5.74) is 10.2. The number of nitrogens with zero attached hydrogens (tertiary/aromatic N) is 2. The Hall–Kier alpha value is -4.82. The molecule has 1 aliphatic rings. The van der Waals surface area contributed by atoms with Crippen molar-refractivity contribution in [3.63, 3.8) is 0 Å². The van der Waals surface area contributed by atoms with Crippen molar-refractivity contribution in [1.82, 2.24) is 9.97 Å². The molecule has 0 amide bonds. The molecule has 0 saturated heterocycles. The lowest BCUT2D eigenvalue weighted by atomic mass is 9.93. The van der Waals surface area contributed by atoms with Gasteiger partial charge in [0.05, 0.1) is 0 Å². The molecule has 0 fully saturated rings. The van der Waals surface area contributed by atoms with Crippen molar-refractivity contribution in [2.75, 3.05) is 0 Å². The highest BCUT2D eigenvalue weighted by molar-refractivity contribution is 6.19. The van der Waals surface area contributed by atoms with Crippen molar-refractivity contribution >= 4 is 32.3 Å². The largest absolute Gasteiger partial charge is 0.264 e. The van der Waals surface area contributed by atoms with Gasteiger partial charge in [-0.2, -0.15) is 0 Å². The molecule has 2 nitrogen and oxygen atoms in total. The Morgan fingerprint density at radius 1 is 0.389 bits per heavy atom. The van der Waals surface area contributed by atoms with Crippen LogP contribution < -0.4 is 0 Å². The van der Waals surface area contributed by atoms with Crippen LogP contribution in [0, 0.1) is 0 Å². The molecule has 2 heterocycles. The topological polar surface area (TPSA) is 25.8 Å². The van der Waals surface area contributed by atoms with E-state index in [9.17, 15) is 0 Å². The Kier molecular flexibility index (Phi) is 3.97. The molecule has 0 bridgehead atoms. The molecular weight excluding hydrogens is 436 g/mol. The number of pyridine rings is 2. The molecule has 1 aliphatic carbocycles. The maximum atomic E-state index is 4.31. The molecule has 2 aromatic heterocycles. The third-order valence-corrected chi connectivity index (χ3v) is 7.57. The van der Waals surface area contributed by atoms with Crippen molar-refractivity contribution < 1.29 is 0 Å². The minimum absolute atomic E-state index is 1.16. The summed E-state index contributed by atoms with van der Waals surface area (Å²) in [5, 5.41) is 7.40. The van der Waals surface area contributed by atoms with E-state index >= 15 is 0 Å². The van der Waals surface area contributed by atoms with Gasteiger partial charge in [-0.25, -0.2) is 0 Å². The zero-order valence-electron chi connectivity index (χ0n) is 19.4. The maximum Gasteiger partial charge on any atom is 0.0346 e. The van der Waals surface area contributed by atoms with Gasteiger partial charge in [0, 0.05) is 35.6 Å². The fourth-order valence-electron chi connectivity index (χ4n) is 5.80. The van der Waals surface area contributed by atoms with E-state index < -0.39 is 0 Å². The Bertz CT molecular complexity index is 2000. The van der Waals surface area contributed by atoms with Crippen LogP contribution in [0.25, 0.3) is 76.8 Å². The number of hydrogen-bond donors (Lipinski definition) is 0. The molecule has 5 aromatic carbocycles. The summed E-state index contributed by atoms with van der Waals surface area (Å²) in [7, 11) is 0. The molecule has 0 aliphatic heterocycles. The van der Waals surface area contributed by atoms with Gasteiger partial charge in [0.1, 0.15) is 0 Å². The molecule has 0 radical (unpaired) electrons. The average Bonchev–Trinajstić information content (AvgIpc) is 3.27. The second-order valence-corrected chi connectivity index (χ2v) is 9.52. The van der Waals surface area contributed by atoms with Crippen LogP contribution in [0.1, 0.15) is 0 Å². The summed E-state index contributed by atoms with van der Waals surface area (Å²) in [6.45, 7) is 0. The van der Waals surface area contributed by atoms with Gasteiger partial charge in [-0.1, -0.05) is 66.7 Å². The van der Waals surface area contributed by atoms with Crippen LogP contribution in [0.15, 0.2) is 122 Å². The zero-order chi connectivity index (χ0) is 23.6. The van der Waals surface area contributed by atoms with Gasteiger partial charge in [0.25, 0.3) is 0 Å². The molecule has 166 valence electrons. The third kappa shape index (κ3) is 2.79. The van der Waals surface area contributed by atoms with Crippen molar-refractivity contribution in [3.05, 3.63) is 122 Å². The molecule has 0 N–H and O–H groups in total. The van der Waals surface area contributed by atoms with Gasteiger partial charge >= 0.3 is 0 Å². The van der Waals surface area contributed by atoms with Crippen LogP contribution in [0.3, 0.4) is 0 Å². The molecule has 0 unspecified atom stereocenters. The highest BCUT2D eigenvalue weighted by Crippen LogP contribution is 2.50. The van der Waals surface area contributed by atoms with Crippen LogP contribution in [0.2, 0.25) is 0 Å². The normalized spacial score (nSPS) is 11.9. The highest BCUT2D eigenvalue weighted by atomic mass is 14.6. The van der Waals surface area contributed by atoms with Crippen molar-refractivity contribution in [1.29, 1.82) is 0 Å². The number of fused-ring (bicyclic) bond motifs is 5. The molecular formula is C34H20N2. The first-order valence-electron chi connectivity index (χ1n) is 12.2. The maximum absolute atomic E-state index is 4.31. The molecule has 0 saturated carbocycles. The van der Waals surface area contributed by atoms with Gasteiger partial charge in [0.2, 0.25) is 0 Å². The third-order valence-electron chi connectivity index (χ3n) is 7.57. The van der Waals surface area contributed by atoms with Gasteiger partial charge < -0.3 is 0 Å². The average molecular weight is 457 g/mol. The lowest BCUT2D eigenvalue weighted by Gasteiger charge is -2.11. The first-order chi connectivity index (χ1) is 17.8. The summed E-state index contributed by atoms with van der Waals surface area (Å²) in [5.74, 6) is 0. The number of benzene rings is 5. The molecule has 8 rings (SSSR count). The van der Waals surface area contributed by atoms with Gasteiger partial charge in [-0.3, -0.25) is 9.97 Å². The molecule has 7 aromatic rings. The predicted molar refractivity (Wildman–Crippen MR) is 150 cm³/mol. The molecule has 2 heteroatoms. The summed E-state index contributed by atoms with van der Waals surface area (Å²) in [6.07, 6.45) is 7.57. The van der Waals surface area contributed by atoms with E-state index in [1.807, 2.05) is 24.8 Å². The second-order valence-electron chi connectivity index (χ2n) is 9.52. The first kappa shape index (κ1) is 19.5. The summed E-state index contributed by atoms with van der Waals surface area (Å²) in [6, 6.07) is 35.6. The minimum atomic E-state index is 1.16. The number of aromatic nitrogens is 2. The van der Waals surface area contributed by atoms with Crippen molar-refractivity contribution in [3.8, 4) is 44.5 Å². The summed E-state index contributed by atoms with van der Waals surface area (Å²) in [4.78, 5) is 8.57. The molecule has 0 spiro atoms.